The van der Waals surface area contributed by atoms with Crippen molar-refractivity contribution in [3.63, 3.8) is 0 Å². The maximum absolute atomic E-state index is 12.8. The molecule has 1 heterocycles. The van der Waals surface area contributed by atoms with Crippen LogP contribution in [-0.2, 0) is 4.79 Å². The molecule has 4 heteroatoms. The fourth-order valence-electron chi connectivity index (χ4n) is 3.81. The van der Waals surface area contributed by atoms with Gasteiger partial charge < -0.3 is 9.80 Å². The summed E-state index contributed by atoms with van der Waals surface area (Å²) < 4.78 is 0. The summed E-state index contributed by atoms with van der Waals surface area (Å²) in [4.78, 5) is 28.6. The van der Waals surface area contributed by atoms with Crippen molar-refractivity contribution in [2.24, 2.45) is 0 Å². The minimum atomic E-state index is 0.121. The van der Waals surface area contributed by atoms with E-state index in [2.05, 4.69) is 6.92 Å². The summed E-state index contributed by atoms with van der Waals surface area (Å²) in [6.07, 6.45) is 7.37. The largest absolute Gasteiger partial charge is 0.336 e. The molecule has 1 aliphatic heterocycles. The first-order chi connectivity index (χ1) is 11.2. The Balaban J connectivity index is 1.73. The second-order valence-corrected chi connectivity index (χ2v) is 6.58. The lowest BCUT2D eigenvalue weighted by Crippen LogP contribution is -2.38. The van der Waals surface area contributed by atoms with Crippen LogP contribution in [0.4, 0.5) is 5.69 Å². The van der Waals surface area contributed by atoms with Crippen molar-refractivity contribution in [1.29, 1.82) is 0 Å². The molecule has 1 aromatic carbocycles. The predicted molar refractivity (Wildman–Crippen MR) is 91.6 cm³/mol. The summed E-state index contributed by atoms with van der Waals surface area (Å²) in [6.45, 7) is 3.60. The van der Waals surface area contributed by atoms with Crippen molar-refractivity contribution in [3.05, 3.63) is 29.8 Å². The van der Waals surface area contributed by atoms with Crippen molar-refractivity contribution in [3.8, 4) is 0 Å². The number of hydrogen-bond donors (Lipinski definition) is 0. The van der Waals surface area contributed by atoms with E-state index in [0.717, 1.165) is 50.0 Å². The summed E-state index contributed by atoms with van der Waals surface area (Å²) in [6, 6.07) is 7.97. The molecule has 0 N–H and O–H groups in total. The quantitative estimate of drug-likeness (QED) is 0.852. The van der Waals surface area contributed by atoms with Crippen molar-refractivity contribution in [2.45, 2.75) is 57.9 Å². The lowest BCUT2D eigenvalue weighted by molar-refractivity contribution is -0.119. The molecule has 2 fully saturated rings. The number of carbonyl (C=O) groups excluding carboxylic acids is 2. The summed E-state index contributed by atoms with van der Waals surface area (Å²) in [5.41, 5.74) is 1.64. The standard InChI is InChI=1S/C19H26N2O2/c1-2-20(16-7-3-4-8-16)19(23)15-10-12-17(13-11-15)21-14-6-5-9-18(21)22/h10-13,16H,2-9,14H2,1H3. The maximum atomic E-state index is 12.8. The van der Waals surface area contributed by atoms with Gasteiger partial charge in [0.25, 0.3) is 5.91 Å². The fourth-order valence-corrected chi connectivity index (χ4v) is 3.81. The number of piperidine rings is 1. The third-order valence-corrected chi connectivity index (χ3v) is 5.12. The molecule has 3 rings (SSSR count). The van der Waals surface area contributed by atoms with Crippen LogP contribution in [-0.4, -0.2) is 35.8 Å². The van der Waals surface area contributed by atoms with Gasteiger partial charge in [0.15, 0.2) is 0 Å². The van der Waals surface area contributed by atoms with Crippen LogP contribution in [0, 0.1) is 0 Å². The summed E-state index contributed by atoms with van der Waals surface area (Å²) in [5, 5.41) is 0. The molecule has 0 atom stereocenters. The van der Waals surface area contributed by atoms with Crippen molar-refractivity contribution in [1.82, 2.24) is 4.90 Å². The Labute approximate surface area is 138 Å². The molecule has 4 nitrogen and oxygen atoms in total. The minimum absolute atomic E-state index is 0.121. The van der Waals surface area contributed by atoms with Gasteiger partial charge in [-0.3, -0.25) is 9.59 Å². The molecule has 1 aromatic rings. The Bertz CT molecular complexity index is 561. The van der Waals surface area contributed by atoms with E-state index in [4.69, 9.17) is 0 Å². The zero-order chi connectivity index (χ0) is 16.2. The monoisotopic (exact) mass is 314 g/mol. The van der Waals surface area contributed by atoms with Gasteiger partial charge in [-0.2, -0.15) is 0 Å². The molecular formula is C19H26N2O2. The lowest BCUT2D eigenvalue weighted by Gasteiger charge is -2.29. The predicted octanol–water partition coefficient (Wildman–Crippen LogP) is 3.61. The van der Waals surface area contributed by atoms with Gasteiger partial charge in [0.1, 0.15) is 0 Å². The fraction of sp³-hybridized carbons (Fsp3) is 0.579. The highest BCUT2D eigenvalue weighted by atomic mass is 16.2. The Hall–Kier alpha value is -1.84. The van der Waals surface area contributed by atoms with Crippen molar-refractivity contribution in [2.75, 3.05) is 18.0 Å². The molecule has 124 valence electrons. The van der Waals surface area contributed by atoms with Crippen LogP contribution >= 0.6 is 0 Å². The van der Waals surface area contributed by atoms with Gasteiger partial charge in [-0.15, -0.1) is 0 Å². The highest BCUT2D eigenvalue weighted by Crippen LogP contribution is 2.26. The molecule has 0 spiro atoms. The Kier molecular flexibility index (Phi) is 4.99. The Morgan fingerprint density at radius 1 is 1.13 bits per heavy atom. The molecule has 0 bridgehead atoms. The number of carbonyl (C=O) groups is 2. The Morgan fingerprint density at radius 3 is 2.43 bits per heavy atom. The molecule has 1 saturated carbocycles. The molecule has 0 aromatic heterocycles. The van der Waals surface area contributed by atoms with Crippen LogP contribution in [0.15, 0.2) is 24.3 Å². The topological polar surface area (TPSA) is 40.6 Å². The van der Waals surface area contributed by atoms with Gasteiger partial charge >= 0.3 is 0 Å². The SMILES string of the molecule is CCN(C(=O)c1ccc(N2CCCCC2=O)cc1)C1CCCC1. The third kappa shape index (κ3) is 3.41. The van der Waals surface area contributed by atoms with E-state index in [1.165, 1.54) is 12.8 Å². The van der Waals surface area contributed by atoms with Gasteiger partial charge in [0.05, 0.1) is 0 Å². The van der Waals surface area contributed by atoms with Crippen LogP contribution in [0.3, 0.4) is 0 Å². The van der Waals surface area contributed by atoms with Crippen LogP contribution in [0.1, 0.15) is 62.2 Å². The number of hydrogen-bond acceptors (Lipinski definition) is 2. The van der Waals surface area contributed by atoms with E-state index in [0.29, 0.717) is 12.5 Å². The summed E-state index contributed by atoms with van der Waals surface area (Å²) in [5.74, 6) is 0.312. The minimum Gasteiger partial charge on any atom is -0.336 e. The second kappa shape index (κ2) is 7.16. The average molecular weight is 314 g/mol. The first-order valence-corrected chi connectivity index (χ1v) is 8.92. The zero-order valence-electron chi connectivity index (χ0n) is 14.0. The molecule has 0 radical (unpaired) electrons. The van der Waals surface area contributed by atoms with Crippen LogP contribution in [0.2, 0.25) is 0 Å². The summed E-state index contributed by atoms with van der Waals surface area (Å²) >= 11 is 0. The van der Waals surface area contributed by atoms with E-state index in [1.807, 2.05) is 34.1 Å². The van der Waals surface area contributed by atoms with Gasteiger partial charge in [-0.05, 0) is 56.9 Å². The van der Waals surface area contributed by atoms with Crippen molar-refractivity contribution >= 4 is 17.5 Å². The maximum Gasteiger partial charge on any atom is 0.254 e. The molecule has 1 saturated heterocycles. The normalized spacial score (nSPS) is 19.2. The van der Waals surface area contributed by atoms with Crippen LogP contribution in [0.5, 0.6) is 0 Å². The van der Waals surface area contributed by atoms with E-state index in [1.54, 1.807) is 0 Å². The first kappa shape index (κ1) is 16.0. The molecule has 2 aliphatic rings. The Morgan fingerprint density at radius 2 is 1.83 bits per heavy atom. The molecule has 0 unspecified atom stereocenters. The first-order valence-electron chi connectivity index (χ1n) is 8.92. The summed E-state index contributed by atoms with van der Waals surface area (Å²) in [7, 11) is 0. The van der Waals surface area contributed by atoms with Crippen molar-refractivity contribution < 1.29 is 9.59 Å². The van der Waals surface area contributed by atoms with E-state index in [9.17, 15) is 9.59 Å². The highest BCUT2D eigenvalue weighted by molar-refractivity contribution is 5.97. The highest BCUT2D eigenvalue weighted by Gasteiger charge is 2.26. The van der Waals surface area contributed by atoms with E-state index in [-0.39, 0.29) is 11.8 Å². The lowest BCUT2D eigenvalue weighted by atomic mass is 10.1. The van der Waals surface area contributed by atoms with Gasteiger partial charge in [0, 0.05) is 36.8 Å². The third-order valence-electron chi connectivity index (χ3n) is 5.12. The van der Waals surface area contributed by atoms with Gasteiger partial charge in [-0.25, -0.2) is 0 Å². The number of nitrogens with zero attached hydrogens (tertiary/aromatic N) is 2. The van der Waals surface area contributed by atoms with E-state index >= 15 is 0 Å². The van der Waals surface area contributed by atoms with Gasteiger partial charge in [-0.1, -0.05) is 12.8 Å². The zero-order valence-corrected chi connectivity index (χ0v) is 14.0. The van der Waals surface area contributed by atoms with Crippen LogP contribution < -0.4 is 4.90 Å². The number of anilines is 1. The molecule has 23 heavy (non-hydrogen) atoms. The number of amides is 2. The number of rotatable bonds is 4. The molecular weight excluding hydrogens is 288 g/mol. The molecule has 1 aliphatic carbocycles. The van der Waals surface area contributed by atoms with Crippen LogP contribution in [0.25, 0.3) is 0 Å². The molecule has 2 amide bonds. The van der Waals surface area contributed by atoms with Gasteiger partial charge in [0.2, 0.25) is 5.91 Å². The smallest absolute Gasteiger partial charge is 0.254 e. The van der Waals surface area contributed by atoms with E-state index < -0.39 is 0 Å². The average Bonchev–Trinajstić information content (AvgIpc) is 3.10. The number of benzene rings is 1. The second-order valence-electron chi connectivity index (χ2n) is 6.58.